The number of hydrogen-bond donors (Lipinski definition) is 0. The predicted molar refractivity (Wildman–Crippen MR) is 60.2 cm³/mol. The smallest absolute Gasteiger partial charge is 0.272 e. The Bertz CT molecular complexity index is 511. The van der Waals surface area contributed by atoms with Gasteiger partial charge < -0.3 is 4.57 Å². The average molecular weight is 274 g/mol. The SMILES string of the molecule is Cn1cc(C(C)(F)F)c2c(Br)cccc21. The zero-order chi connectivity index (χ0) is 11.2. The van der Waals surface area contributed by atoms with Gasteiger partial charge in [-0.05, 0) is 12.1 Å². The van der Waals surface area contributed by atoms with Crippen molar-refractivity contribution in [3.05, 3.63) is 34.4 Å². The molecular formula is C11H10BrF2N. The van der Waals surface area contributed by atoms with Crippen LogP contribution in [0.5, 0.6) is 0 Å². The van der Waals surface area contributed by atoms with E-state index in [4.69, 9.17) is 0 Å². The quantitative estimate of drug-likeness (QED) is 0.739. The minimum atomic E-state index is -2.82. The first kappa shape index (κ1) is 10.6. The van der Waals surface area contributed by atoms with E-state index >= 15 is 0 Å². The summed E-state index contributed by atoms with van der Waals surface area (Å²) in [6.45, 7) is 0.918. The molecule has 80 valence electrons. The first-order valence-electron chi connectivity index (χ1n) is 4.53. The van der Waals surface area contributed by atoms with E-state index in [2.05, 4.69) is 15.9 Å². The molecule has 15 heavy (non-hydrogen) atoms. The summed E-state index contributed by atoms with van der Waals surface area (Å²) in [5, 5.41) is 0.590. The Morgan fingerprint density at radius 3 is 2.60 bits per heavy atom. The van der Waals surface area contributed by atoms with E-state index in [9.17, 15) is 8.78 Å². The minimum absolute atomic E-state index is 0.0625. The summed E-state index contributed by atoms with van der Waals surface area (Å²) in [5.41, 5.74) is 0.869. The van der Waals surface area contributed by atoms with E-state index in [-0.39, 0.29) is 5.56 Å². The number of hydrogen-bond acceptors (Lipinski definition) is 0. The molecule has 0 aliphatic carbocycles. The summed E-state index contributed by atoms with van der Waals surface area (Å²) in [7, 11) is 1.77. The second-order valence-electron chi connectivity index (χ2n) is 3.68. The van der Waals surface area contributed by atoms with Gasteiger partial charge >= 0.3 is 0 Å². The maximum Gasteiger partial charge on any atom is 0.272 e. The molecule has 0 atom stereocenters. The van der Waals surface area contributed by atoms with Gasteiger partial charge in [0, 0.05) is 41.1 Å². The second-order valence-corrected chi connectivity index (χ2v) is 4.53. The molecule has 0 aliphatic rings. The molecule has 1 heterocycles. The first-order chi connectivity index (χ1) is 6.91. The van der Waals surface area contributed by atoms with Crippen LogP contribution in [0.25, 0.3) is 10.9 Å². The Hall–Kier alpha value is -0.900. The van der Waals surface area contributed by atoms with Crippen molar-refractivity contribution in [2.75, 3.05) is 0 Å². The number of fused-ring (bicyclic) bond motifs is 1. The summed E-state index contributed by atoms with van der Waals surface area (Å²) in [5.74, 6) is -2.82. The lowest BCUT2D eigenvalue weighted by Gasteiger charge is -2.08. The lowest BCUT2D eigenvalue weighted by atomic mass is 10.1. The fourth-order valence-electron chi connectivity index (χ4n) is 1.73. The fourth-order valence-corrected chi connectivity index (χ4v) is 2.30. The zero-order valence-corrected chi connectivity index (χ0v) is 9.98. The molecule has 0 aliphatic heterocycles. The van der Waals surface area contributed by atoms with Crippen LogP contribution in [0.2, 0.25) is 0 Å². The first-order valence-corrected chi connectivity index (χ1v) is 5.32. The molecule has 0 unspecified atom stereocenters. The van der Waals surface area contributed by atoms with E-state index in [1.165, 1.54) is 6.20 Å². The minimum Gasteiger partial charge on any atom is -0.350 e. The van der Waals surface area contributed by atoms with Crippen LogP contribution in [0.3, 0.4) is 0 Å². The third-order valence-corrected chi connectivity index (χ3v) is 3.10. The third-order valence-electron chi connectivity index (χ3n) is 2.44. The van der Waals surface area contributed by atoms with E-state index in [0.29, 0.717) is 9.86 Å². The molecule has 1 aromatic heterocycles. The molecule has 0 saturated carbocycles. The van der Waals surface area contributed by atoms with Gasteiger partial charge in [0.15, 0.2) is 0 Å². The van der Waals surface area contributed by atoms with Crippen LogP contribution in [0, 0.1) is 0 Å². The van der Waals surface area contributed by atoms with Crippen LogP contribution in [0.4, 0.5) is 8.78 Å². The van der Waals surface area contributed by atoms with Gasteiger partial charge in [-0.2, -0.15) is 0 Å². The molecule has 0 radical (unpaired) electrons. The van der Waals surface area contributed by atoms with Crippen molar-refractivity contribution in [3.63, 3.8) is 0 Å². The van der Waals surface area contributed by atoms with Gasteiger partial charge in [0.1, 0.15) is 0 Å². The molecule has 4 heteroatoms. The molecule has 1 nitrogen and oxygen atoms in total. The summed E-state index contributed by atoms with van der Waals surface area (Å²) in [6.07, 6.45) is 1.48. The molecule has 1 aromatic carbocycles. The number of benzene rings is 1. The van der Waals surface area contributed by atoms with E-state index in [0.717, 1.165) is 12.4 Å². The predicted octanol–water partition coefficient (Wildman–Crippen LogP) is 4.05. The fraction of sp³-hybridized carbons (Fsp3) is 0.273. The van der Waals surface area contributed by atoms with Crippen LogP contribution in [0.1, 0.15) is 12.5 Å². The average Bonchev–Trinajstić information content (AvgIpc) is 2.45. The maximum atomic E-state index is 13.3. The molecule has 2 rings (SSSR count). The summed E-state index contributed by atoms with van der Waals surface area (Å²) in [4.78, 5) is 0. The van der Waals surface area contributed by atoms with E-state index < -0.39 is 5.92 Å². The highest BCUT2D eigenvalue weighted by molar-refractivity contribution is 9.10. The van der Waals surface area contributed by atoms with Crippen LogP contribution >= 0.6 is 15.9 Å². The molecule has 0 amide bonds. The van der Waals surface area contributed by atoms with Crippen LogP contribution in [-0.2, 0) is 13.0 Å². The molecule has 2 aromatic rings. The van der Waals surface area contributed by atoms with Gasteiger partial charge in [0.25, 0.3) is 5.92 Å². The number of aryl methyl sites for hydroxylation is 1. The number of alkyl halides is 2. The Kier molecular flexibility index (Phi) is 2.34. The van der Waals surface area contributed by atoms with Gasteiger partial charge in [-0.1, -0.05) is 22.0 Å². The molecular weight excluding hydrogens is 264 g/mol. The lowest BCUT2D eigenvalue weighted by Crippen LogP contribution is -2.05. The monoisotopic (exact) mass is 273 g/mol. The van der Waals surface area contributed by atoms with Crippen LogP contribution in [-0.4, -0.2) is 4.57 Å². The summed E-state index contributed by atoms with van der Waals surface area (Å²) in [6, 6.07) is 5.44. The highest BCUT2D eigenvalue weighted by Gasteiger charge is 2.29. The molecule has 0 fully saturated rings. The largest absolute Gasteiger partial charge is 0.350 e. The number of halogens is 3. The summed E-state index contributed by atoms with van der Waals surface area (Å²) < 4.78 is 29.1. The highest BCUT2D eigenvalue weighted by Crippen LogP contribution is 2.37. The van der Waals surface area contributed by atoms with Crippen molar-refractivity contribution < 1.29 is 8.78 Å². The maximum absolute atomic E-state index is 13.3. The van der Waals surface area contributed by atoms with Gasteiger partial charge in [-0.3, -0.25) is 0 Å². The van der Waals surface area contributed by atoms with Crippen molar-refractivity contribution in [1.29, 1.82) is 0 Å². The van der Waals surface area contributed by atoms with Gasteiger partial charge in [-0.25, -0.2) is 8.78 Å². The van der Waals surface area contributed by atoms with Crippen LogP contribution < -0.4 is 0 Å². The van der Waals surface area contributed by atoms with Crippen LogP contribution in [0.15, 0.2) is 28.9 Å². The summed E-state index contributed by atoms with van der Waals surface area (Å²) >= 11 is 3.31. The highest BCUT2D eigenvalue weighted by atomic mass is 79.9. The topological polar surface area (TPSA) is 4.93 Å². The lowest BCUT2D eigenvalue weighted by molar-refractivity contribution is 0.0189. The van der Waals surface area contributed by atoms with Gasteiger partial charge in [0.05, 0.1) is 0 Å². The molecule has 0 saturated heterocycles. The van der Waals surface area contributed by atoms with Crippen molar-refractivity contribution in [1.82, 2.24) is 4.57 Å². The Morgan fingerprint density at radius 2 is 2.00 bits per heavy atom. The second kappa shape index (κ2) is 3.30. The van der Waals surface area contributed by atoms with E-state index in [1.807, 2.05) is 12.1 Å². The van der Waals surface area contributed by atoms with Gasteiger partial charge in [0.2, 0.25) is 0 Å². The number of rotatable bonds is 1. The number of aromatic nitrogens is 1. The zero-order valence-electron chi connectivity index (χ0n) is 8.39. The van der Waals surface area contributed by atoms with Crippen molar-refractivity contribution in [3.8, 4) is 0 Å². The Morgan fingerprint density at radius 1 is 1.33 bits per heavy atom. The van der Waals surface area contributed by atoms with Crippen molar-refractivity contribution in [2.24, 2.45) is 7.05 Å². The van der Waals surface area contributed by atoms with E-state index in [1.54, 1.807) is 17.7 Å². The molecule has 0 N–H and O–H groups in total. The van der Waals surface area contributed by atoms with Gasteiger partial charge in [-0.15, -0.1) is 0 Å². The third kappa shape index (κ3) is 1.67. The molecule has 0 bridgehead atoms. The normalized spacial score (nSPS) is 12.3. The Balaban J connectivity index is 2.88. The van der Waals surface area contributed by atoms with Crippen molar-refractivity contribution in [2.45, 2.75) is 12.8 Å². The number of nitrogens with zero attached hydrogens (tertiary/aromatic N) is 1. The molecule has 0 spiro atoms. The Labute approximate surface area is 94.8 Å². The van der Waals surface area contributed by atoms with Crippen molar-refractivity contribution >= 4 is 26.8 Å². The standard InChI is InChI=1S/C11H10BrF2N/c1-11(13,14)7-6-15(2)9-5-3-4-8(12)10(7)9/h3-6H,1-2H3.